The van der Waals surface area contributed by atoms with Gasteiger partial charge in [-0.1, -0.05) is 61.4 Å². The van der Waals surface area contributed by atoms with E-state index in [0.717, 1.165) is 6.42 Å². The molecule has 15 heavy (non-hydrogen) atoms. The molecule has 1 unspecified atom stereocenters. The first-order valence-corrected chi connectivity index (χ1v) is 6.87. The van der Waals surface area contributed by atoms with Crippen LogP contribution < -0.4 is 0 Å². The third kappa shape index (κ3) is 8.23. The van der Waals surface area contributed by atoms with E-state index in [1.807, 2.05) is 0 Å². The average Bonchev–Trinajstić information content (AvgIpc) is 2.25. The Morgan fingerprint density at radius 1 is 0.933 bits per heavy atom. The van der Waals surface area contributed by atoms with Crippen molar-refractivity contribution in [1.29, 1.82) is 0 Å². The number of unbranched alkanes of at least 4 members (excludes halogenated alkanes) is 5. The molecule has 0 saturated carbocycles. The fraction of sp³-hybridized carbons (Fsp3) is 1.00. The Labute approximate surface area is 103 Å². The molecule has 0 aliphatic rings. The van der Waals surface area contributed by atoms with Crippen molar-refractivity contribution in [2.24, 2.45) is 0 Å². The molecular weight excluding hydrogens is 256 g/mol. The number of ether oxygens (including phenoxy) is 2. The quantitative estimate of drug-likeness (QED) is 0.341. The largest absolute Gasteiger partial charge is 0.355 e. The van der Waals surface area contributed by atoms with Crippen molar-refractivity contribution in [2.75, 3.05) is 14.2 Å². The molecule has 0 aromatic carbocycles. The van der Waals surface area contributed by atoms with Crippen LogP contribution in [0, 0.1) is 0 Å². The summed E-state index contributed by atoms with van der Waals surface area (Å²) >= 11 is 3.60. The summed E-state index contributed by atoms with van der Waals surface area (Å²) in [6.45, 7) is 2.25. The topological polar surface area (TPSA) is 18.5 Å². The number of hydrogen-bond acceptors (Lipinski definition) is 2. The van der Waals surface area contributed by atoms with Gasteiger partial charge in [-0.25, -0.2) is 0 Å². The molecule has 1 atom stereocenters. The first kappa shape index (κ1) is 15.4. The van der Waals surface area contributed by atoms with E-state index in [2.05, 4.69) is 22.9 Å². The number of rotatable bonds is 10. The predicted molar refractivity (Wildman–Crippen MR) is 68.5 cm³/mol. The van der Waals surface area contributed by atoms with E-state index in [4.69, 9.17) is 9.47 Å². The molecule has 92 valence electrons. The maximum Gasteiger partial charge on any atom is 0.169 e. The highest BCUT2D eigenvalue weighted by Gasteiger charge is 2.16. The van der Waals surface area contributed by atoms with Crippen molar-refractivity contribution in [2.45, 2.75) is 63.0 Å². The molecule has 0 aromatic rings. The first-order chi connectivity index (χ1) is 7.26. The van der Waals surface area contributed by atoms with Gasteiger partial charge in [0.25, 0.3) is 0 Å². The van der Waals surface area contributed by atoms with Gasteiger partial charge in [-0.15, -0.1) is 0 Å². The minimum absolute atomic E-state index is 0.111. The van der Waals surface area contributed by atoms with Crippen LogP contribution in [-0.2, 0) is 9.47 Å². The average molecular weight is 281 g/mol. The van der Waals surface area contributed by atoms with E-state index in [0.29, 0.717) is 4.83 Å². The van der Waals surface area contributed by atoms with Gasteiger partial charge in [-0.2, -0.15) is 0 Å². The lowest BCUT2D eigenvalue weighted by Gasteiger charge is -2.19. The summed E-state index contributed by atoms with van der Waals surface area (Å²) in [5, 5.41) is 0. The predicted octanol–water partition coefficient (Wildman–Crippen LogP) is 4.12. The highest BCUT2D eigenvalue weighted by Crippen LogP contribution is 2.18. The third-order valence-electron chi connectivity index (χ3n) is 2.59. The summed E-state index contributed by atoms with van der Waals surface area (Å²) < 4.78 is 10.4. The molecule has 0 aliphatic heterocycles. The molecule has 0 bridgehead atoms. The summed E-state index contributed by atoms with van der Waals surface area (Å²) in [6, 6.07) is 0. The summed E-state index contributed by atoms with van der Waals surface area (Å²) in [6.07, 6.45) is 9.01. The molecule has 3 heteroatoms. The lowest BCUT2D eigenvalue weighted by Crippen LogP contribution is -2.24. The van der Waals surface area contributed by atoms with Gasteiger partial charge in [0.05, 0.1) is 4.83 Å². The number of methoxy groups -OCH3 is 2. The van der Waals surface area contributed by atoms with Crippen LogP contribution in [0.3, 0.4) is 0 Å². The fourth-order valence-electron chi connectivity index (χ4n) is 1.65. The molecule has 0 aromatic heterocycles. The van der Waals surface area contributed by atoms with E-state index in [-0.39, 0.29) is 6.29 Å². The molecule has 0 heterocycles. The second kappa shape index (κ2) is 10.9. The van der Waals surface area contributed by atoms with Crippen molar-refractivity contribution < 1.29 is 9.47 Å². The van der Waals surface area contributed by atoms with Gasteiger partial charge in [-0.05, 0) is 6.42 Å². The Morgan fingerprint density at radius 3 is 2.00 bits per heavy atom. The standard InChI is InChI=1S/C12H25BrO2/c1-4-5-6-7-8-9-10-11(13)12(14-2)15-3/h11-12H,4-10H2,1-3H3. The smallest absolute Gasteiger partial charge is 0.169 e. The maximum atomic E-state index is 5.19. The van der Waals surface area contributed by atoms with Crippen molar-refractivity contribution >= 4 is 15.9 Å². The maximum absolute atomic E-state index is 5.19. The second-order valence-corrected chi connectivity index (χ2v) is 5.09. The highest BCUT2D eigenvalue weighted by molar-refractivity contribution is 9.09. The Kier molecular flexibility index (Phi) is 11.2. The number of alkyl halides is 1. The van der Waals surface area contributed by atoms with Crippen LogP contribution in [0.15, 0.2) is 0 Å². The minimum atomic E-state index is -0.111. The zero-order valence-corrected chi connectivity index (χ0v) is 11.9. The highest BCUT2D eigenvalue weighted by atomic mass is 79.9. The van der Waals surface area contributed by atoms with Gasteiger partial charge in [0.2, 0.25) is 0 Å². The zero-order valence-electron chi connectivity index (χ0n) is 10.3. The summed E-state index contributed by atoms with van der Waals surface area (Å²) in [5.74, 6) is 0. The lowest BCUT2D eigenvalue weighted by molar-refractivity contribution is -0.101. The van der Waals surface area contributed by atoms with E-state index >= 15 is 0 Å². The van der Waals surface area contributed by atoms with Gasteiger partial charge < -0.3 is 9.47 Å². The third-order valence-corrected chi connectivity index (χ3v) is 3.48. The van der Waals surface area contributed by atoms with E-state index in [1.165, 1.54) is 38.5 Å². The molecule has 0 spiro atoms. The van der Waals surface area contributed by atoms with Crippen LogP contribution in [0.5, 0.6) is 0 Å². The van der Waals surface area contributed by atoms with Crippen LogP contribution in [0.1, 0.15) is 51.9 Å². The van der Waals surface area contributed by atoms with Crippen molar-refractivity contribution in [1.82, 2.24) is 0 Å². The molecule has 0 radical (unpaired) electrons. The molecule has 0 N–H and O–H groups in total. The summed E-state index contributed by atoms with van der Waals surface area (Å²) in [5.41, 5.74) is 0. The normalized spacial score (nSPS) is 13.4. The molecule has 0 saturated heterocycles. The Hall–Kier alpha value is 0.400. The van der Waals surface area contributed by atoms with Crippen LogP contribution in [-0.4, -0.2) is 25.3 Å². The van der Waals surface area contributed by atoms with Crippen LogP contribution in [0.2, 0.25) is 0 Å². The Balaban J connectivity index is 3.33. The van der Waals surface area contributed by atoms with Crippen LogP contribution >= 0.6 is 15.9 Å². The molecule has 0 amide bonds. The lowest BCUT2D eigenvalue weighted by atomic mass is 10.1. The Bertz CT molecular complexity index is 127. The van der Waals surface area contributed by atoms with E-state index < -0.39 is 0 Å². The fourth-order valence-corrected chi connectivity index (χ4v) is 2.40. The first-order valence-electron chi connectivity index (χ1n) is 5.95. The van der Waals surface area contributed by atoms with E-state index in [1.54, 1.807) is 14.2 Å². The van der Waals surface area contributed by atoms with Gasteiger partial charge >= 0.3 is 0 Å². The van der Waals surface area contributed by atoms with Gasteiger partial charge in [0.1, 0.15) is 0 Å². The molecule has 2 nitrogen and oxygen atoms in total. The monoisotopic (exact) mass is 280 g/mol. The van der Waals surface area contributed by atoms with Gasteiger partial charge in [0.15, 0.2) is 6.29 Å². The zero-order chi connectivity index (χ0) is 11.5. The summed E-state index contributed by atoms with van der Waals surface area (Å²) in [4.78, 5) is 0.318. The van der Waals surface area contributed by atoms with Crippen LogP contribution in [0.4, 0.5) is 0 Å². The van der Waals surface area contributed by atoms with Crippen molar-refractivity contribution in [3.05, 3.63) is 0 Å². The SMILES string of the molecule is CCCCCCCCC(Br)C(OC)OC. The van der Waals surface area contributed by atoms with Gasteiger partial charge in [-0.3, -0.25) is 0 Å². The molecule has 0 rings (SSSR count). The second-order valence-electron chi connectivity index (χ2n) is 3.91. The minimum Gasteiger partial charge on any atom is -0.355 e. The van der Waals surface area contributed by atoms with Crippen LogP contribution in [0.25, 0.3) is 0 Å². The molecule has 0 fully saturated rings. The molecule has 0 aliphatic carbocycles. The van der Waals surface area contributed by atoms with E-state index in [9.17, 15) is 0 Å². The summed E-state index contributed by atoms with van der Waals surface area (Å²) in [7, 11) is 3.37. The Morgan fingerprint density at radius 2 is 1.47 bits per heavy atom. The van der Waals surface area contributed by atoms with Gasteiger partial charge in [0, 0.05) is 14.2 Å². The van der Waals surface area contributed by atoms with Crippen molar-refractivity contribution in [3.8, 4) is 0 Å². The van der Waals surface area contributed by atoms with Crippen molar-refractivity contribution in [3.63, 3.8) is 0 Å². The number of halogens is 1. The number of hydrogen-bond donors (Lipinski definition) is 0. The molecular formula is C12H25BrO2.